The van der Waals surface area contributed by atoms with Crippen molar-refractivity contribution in [1.82, 2.24) is 0 Å². The average Bonchev–Trinajstić information content (AvgIpc) is 3.18. The first-order valence-corrected chi connectivity index (χ1v) is 12.3. The second-order valence-electron chi connectivity index (χ2n) is 7.61. The Bertz CT molecular complexity index is 1110. The second-order valence-corrected chi connectivity index (χ2v) is 11.5. The number of hydrogen-bond donors (Lipinski definition) is 0. The zero-order chi connectivity index (χ0) is 20.2. The standard InChI is InChI=1S/C18H14O.C6H7.C3H6.2ClH.Ti/c19-17-13-7-12-16(14-8-3-1-4-9-14)18(17)15-10-5-2-6-11-15;1-6-4-2-3-5-6;1-3-2;;;/h1-13,19H;2,4H,3H2,1H3;1-2H3;2*1H;/q;;;;;+1/p-1. The molecule has 0 saturated heterocycles. The van der Waals surface area contributed by atoms with Crippen molar-refractivity contribution in [3.8, 4) is 28.0 Å². The molecule has 160 valence electrons. The predicted molar refractivity (Wildman–Crippen MR) is 135 cm³/mol. The molecule has 0 bridgehead atoms. The number of rotatable bonds is 5. The topological polar surface area (TPSA) is 9.23 Å². The Morgan fingerprint density at radius 3 is 1.94 bits per heavy atom. The minimum atomic E-state index is -2.01. The van der Waals surface area contributed by atoms with Gasteiger partial charge in [0.1, 0.15) is 0 Å². The maximum Gasteiger partial charge on any atom is -0.147 e. The van der Waals surface area contributed by atoms with Crippen LogP contribution in [0.4, 0.5) is 0 Å². The number of halogens is 2. The summed E-state index contributed by atoms with van der Waals surface area (Å²) in [5.74, 6) is 1.00. The van der Waals surface area contributed by atoms with Crippen LogP contribution in [-0.2, 0) is 17.8 Å². The molecule has 0 aliphatic heterocycles. The van der Waals surface area contributed by atoms with E-state index in [1.165, 1.54) is 35.5 Å². The fraction of sp³-hybridized carbons (Fsp3) is 0.148. The van der Waals surface area contributed by atoms with Crippen molar-refractivity contribution < 1.29 is 21.1 Å². The molecule has 0 radical (unpaired) electrons. The number of hydrogen-bond acceptors (Lipinski definition) is 1. The van der Waals surface area contributed by atoms with E-state index in [9.17, 15) is 0 Å². The van der Waals surface area contributed by atoms with E-state index >= 15 is 0 Å². The summed E-state index contributed by atoms with van der Waals surface area (Å²) in [5, 5.41) is 0. The van der Waals surface area contributed by atoms with Gasteiger partial charge in [-0.1, -0.05) is 0 Å². The van der Waals surface area contributed by atoms with E-state index in [0.29, 0.717) is 0 Å². The van der Waals surface area contributed by atoms with Crippen LogP contribution in [0.2, 0.25) is 0 Å². The Morgan fingerprint density at radius 1 is 0.774 bits per heavy atom. The van der Waals surface area contributed by atoms with Gasteiger partial charge in [-0.25, -0.2) is 0 Å². The van der Waals surface area contributed by atoms with Crippen molar-refractivity contribution in [1.29, 1.82) is 0 Å². The summed E-state index contributed by atoms with van der Waals surface area (Å²) in [6, 6.07) is 27.7. The largest absolute Gasteiger partial charge is 0.147 e. The van der Waals surface area contributed by atoms with Gasteiger partial charge in [-0.15, -0.1) is 24.8 Å². The molecule has 0 unspecified atom stereocenters. The number of allylic oxidation sites excluding steroid dienone is 4. The molecule has 0 saturated carbocycles. The van der Waals surface area contributed by atoms with Crippen LogP contribution in [0, 0.1) is 0 Å². The molecule has 0 fully saturated rings. The quantitative estimate of drug-likeness (QED) is 0.330. The minimum Gasteiger partial charge on any atom is -0.147 e. The second kappa shape index (κ2) is 11.6. The predicted octanol–water partition coefficient (Wildman–Crippen LogP) is 8.22. The van der Waals surface area contributed by atoms with Crippen LogP contribution in [0.25, 0.3) is 22.3 Å². The Balaban J connectivity index is 0.00000171. The SMILES string of the molecule is CC1=[C]([Ti]([O]c2cccc(-c3ccccc3)c2-c2ccccc2)=[C](C)C)CC=C1.Cl.Cl. The van der Waals surface area contributed by atoms with Crippen LogP contribution in [-0.4, -0.2) is 3.81 Å². The van der Waals surface area contributed by atoms with Gasteiger partial charge in [-0.05, 0) is 0 Å². The molecule has 1 aliphatic carbocycles. The molecule has 0 spiro atoms. The summed E-state index contributed by atoms with van der Waals surface area (Å²) >= 11 is -2.01. The van der Waals surface area contributed by atoms with Gasteiger partial charge in [0.15, 0.2) is 0 Å². The van der Waals surface area contributed by atoms with E-state index in [2.05, 4.69) is 112 Å². The molecule has 3 aromatic rings. The summed E-state index contributed by atoms with van der Waals surface area (Å²) in [5.41, 5.74) is 6.21. The summed E-state index contributed by atoms with van der Waals surface area (Å²) in [4.78, 5) is 0. The van der Waals surface area contributed by atoms with Crippen LogP contribution in [0.15, 0.2) is 100 Å². The van der Waals surface area contributed by atoms with E-state index in [1.807, 2.05) is 0 Å². The van der Waals surface area contributed by atoms with Gasteiger partial charge in [-0.2, -0.15) is 0 Å². The molecule has 31 heavy (non-hydrogen) atoms. The van der Waals surface area contributed by atoms with Crippen molar-refractivity contribution in [3.05, 3.63) is 100 Å². The molecular weight excluding hydrogens is 459 g/mol. The first kappa shape index (κ1) is 25.4. The van der Waals surface area contributed by atoms with Crippen molar-refractivity contribution in [2.24, 2.45) is 0 Å². The molecule has 0 heterocycles. The van der Waals surface area contributed by atoms with Crippen LogP contribution < -0.4 is 3.32 Å². The van der Waals surface area contributed by atoms with Crippen LogP contribution in [0.3, 0.4) is 0 Å². The smallest absolute Gasteiger partial charge is 0.147 e. The van der Waals surface area contributed by atoms with Gasteiger partial charge < -0.3 is 0 Å². The minimum absolute atomic E-state index is 0. The Hall–Kier alpha value is -1.90. The maximum atomic E-state index is 6.91. The van der Waals surface area contributed by atoms with Gasteiger partial charge in [0.05, 0.1) is 0 Å². The van der Waals surface area contributed by atoms with Gasteiger partial charge in [0.25, 0.3) is 0 Å². The first-order chi connectivity index (χ1) is 14.1. The molecular formula is C27H28Cl2OTi. The van der Waals surface area contributed by atoms with Crippen LogP contribution >= 0.6 is 24.8 Å². The Kier molecular flexibility index (Phi) is 9.53. The maximum absolute atomic E-state index is 6.91. The van der Waals surface area contributed by atoms with E-state index in [0.717, 1.165) is 12.2 Å². The van der Waals surface area contributed by atoms with Crippen molar-refractivity contribution in [3.63, 3.8) is 0 Å². The summed E-state index contributed by atoms with van der Waals surface area (Å²) in [6.45, 7) is 6.69. The van der Waals surface area contributed by atoms with Crippen molar-refractivity contribution in [2.75, 3.05) is 0 Å². The molecule has 0 atom stereocenters. The van der Waals surface area contributed by atoms with E-state index in [1.54, 1.807) is 0 Å². The van der Waals surface area contributed by atoms with Crippen molar-refractivity contribution in [2.45, 2.75) is 27.2 Å². The van der Waals surface area contributed by atoms with Gasteiger partial charge in [-0.3, -0.25) is 0 Å². The van der Waals surface area contributed by atoms with Crippen molar-refractivity contribution >= 4 is 28.6 Å². The molecule has 0 N–H and O–H groups in total. The third-order valence-corrected chi connectivity index (χ3v) is 9.15. The molecule has 1 nitrogen and oxygen atoms in total. The van der Waals surface area contributed by atoms with Gasteiger partial charge >= 0.3 is 181 Å². The molecule has 0 aromatic heterocycles. The van der Waals surface area contributed by atoms with Crippen LogP contribution in [0.1, 0.15) is 27.2 Å². The zero-order valence-corrected chi connectivity index (χ0v) is 21.3. The van der Waals surface area contributed by atoms with Gasteiger partial charge in [0.2, 0.25) is 0 Å². The number of benzene rings is 3. The average molecular weight is 487 g/mol. The zero-order valence-electron chi connectivity index (χ0n) is 18.1. The molecule has 3 aromatic carbocycles. The molecule has 4 heteroatoms. The fourth-order valence-electron chi connectivity index (χ4n) is 3.84. The van der Waals surface area contributed by atoms with E-state index in [4.69, 9.17) is 3.32 Å². The monoisotopic (exact) mass is 486 g/mol. The Labute approximate surface area is 204 Å². The molecule has 1 aliphatic rings. The Morgan fingerprint density at radius 2 is 1.39 bits per heavy atom. The summed E-state index contributed by atoms with van der Waals surface area (Å²) in [6.07, 6.45) is 5.54. The van der Waals surface area contributed by atoms with Gasteiger partial charge in [0, 0.05) is 0 Å². The third kappa shape index (κ3) is 5.67. The first-order valence-electron chi connectivity index (χ1n) is 10.1. The molecule has 0 amide bonds. The normalized spacial score (nSPS) is 12.1. The summed E-state index contributed by atoms with van der Waals surface area (Å²) < 4.78 is 9.87. The third-order valence-electron chi connectivity index (χ3n) is 5.28. The molecule has 4 rings (SSSR count). The summed E-state index contributed by atoms with van der Waals surface area (Å²) in [7, 11) is 0. The fourth-order valence-corrected chi connectivity index (χ4v) is 7.06. The van der Waals surface area contributed by atoms with E-state index in [-0.39, 0.29) is 24.8 Å². The van der Waals surface area contributed by atoms with Crippen LogP contribution in [0.5, 0.6) is 5.75 Å². The van der Waals surface area contributed by atoms with E-state index < -0.39 is 17.8 Å².